The number of amides is 1. The SMILES string of the molecule is CC(C)(C)[C@@H](NC(=O)Cc1ccccn1)C(=O)O. The van der Waals surface area contributed by atoms with E-state index in [1.807, 2.05) is 0 Å². The first kappa shape index (κ1) is 14.2. The molecule has 0 saturated heterocycles. The minimum Gasteiger partial charge on any atom is -0.480 e. The molecule has 0 saturated carbocycles. The molecule has 0 unspecified atom stereocenters. The Morgan fingerprint density at radius 3 is 2.50 bits per heavy atom. The second kappa shape index (κ2) is 5.62. The lowest BCUT2D eigenvalue weighted by molar-refractivity contribution is -0.144. The molecular formula is C13H18N2O3. The number of carbonyl (C=O) groups excluding carboxylic acids is 1. The van der Waals surface area contributed by atoms with E-state index in [0.717, 1.165) is 0 Å². The summed E-state index contributed by atoms with van der Waals surface area (Å²) in [5.74, 6) is -1.37. The van der Waals surface area contributed by atoms with Crippen molar-refractivity contribution < 1.29 is 14.7 Å². The predicted octanol–water partition coefficient (Wildman–Crippen LogP) is 1.24. The summed E-state index contributed by atoms with van der Waals surface area (Å²) in [6.45, 7) is 5.31. The highest BCUT2D eigenvalue weighted by Gasteiger charge is 2.32. The van der Waals surface area contributed by atoms with Crippen molar-refractivity contribution in [2.45, 2.75) is 33.2 Å². The topological polar surface area (TPSA) is 79.3 Å². The van der Waals surface area contributed by atoms with Gasteiger partial charge in [-0.1, -0.05) is 26.8 Å². The van der Waals surface area contributed by atoms with Crippen LogP contribution in [0.2, 0.25) is 0 Å². The lowest BCUT2D eigenvalue weighted by atomic mass is 9.86. The Labute approximate surface area is 106 Å². The maximum atomic E-state index is 11.8. The second-order valence-corrected chi connectivity index (χ2v) is 5.20. The molecule has 18 heavy (non-hydrogen) atoms. The molecule has 0 aliphatic carbocycles. The molecule has 0 aromatic carbocycles. The molecule has 0 bridgehead atoms. The van der Waals surface area contributed by atoms with Crippen molar-refractivity contribution >= 4 is 11.9 Å². The van der Waals surface area contributed by atoms with Crippen molar-refractivity contribution in [3.05, 3.63) is 30.1 Å². The molecule has 0 fully saturated rings. The fourth-order valence-corrected chi connectivity index (χ4v) is 1.53. The highest BCUT2D eigenvalue weighted by molar-refractivity contribution is 5.85. The molecule has 1 aromatic heterocycles. The molecule has 5 nitrogen and oxygen atoms in total. The van der Waals surface area contributed by atoms with Gasteiger partial charge in [-0.25, -0.2) is 4.79 Å². The van der Waals surface area contributed by atoms with Gasteiger partial charge in [0.15, 0.2) is 0 Å². The fraction of sp³-hybridized carbons (Fsp3) is 0.462. The van der Waals surface area contributed by atoms with E-state index in [2.05, 4.69) is 10.3 Å². The van der Waals surface area contributed by atoms with Crippen molar-refractivity contribution in [3.8, 4) is 0 Å². The number of hydrogen-bond acceptors (Lipinski definition) is 3. The summed E-state index contributed by atoms with van der Waals surface area (Å²) in [6, 6.07) is 4.37. The van der Waals surface area contributed by atoms with Crippen LogP contribution in [0, 0.1) is 5.41 Å². The zero-order valence-electron chi connectivity index (χ0n) is 10.8. The molecule has 0 radical (unpaired) electrons. The Morgan fingerprint density at radius 2 is 2.06 bits per heavy atom. The molecule has 98 valence electrons. The minimum absolute atomic E-state index is 0.0840. The van der Waals surface area contributed by atoms with Gasteiger partial charge >= 0.3 is 5.97 Å². The van der Waals surface area contributed by atoms with Crippen LogP contribution in [0.3, 0.4) is 0 Å². The largest absolute Gasteiger partial charge is 0.480 e. The van der Waals surface area contributed by atoms with Gasteiger partial charge in [-0.3, -0.25) is 9.78 Å². The van der Waals surface area contributed by atoms with Gasteiger partial charge in [0.2, 0.25) is 5.91 Å². The number of nitrogens with zero attached hydrogens (tertiary/aromatic N) is 1. The van der Waals surface area contributed by atoms with Gasteiger partial charge in [-0.2, -0.15) is 0 Å². The Kier molecular flexibility index (Phi) is 4.42. The molecule has 0 spiro atoms. The van der Waals surface area contributed by atoms with Crippen molar-refractivity contribution in [2.75, 3.05) is 0 Å². The van der Waals surface area contributed by atoms with E-state index in [1.54, 1.807) is 45.2 Å². The highest BCUT2D eigenvalue weighted by Crippen LogP contribution is 2.19. The van der Waals surface area contributed by atoms with E-state index in [-0.39, 0.29) is 12.3 Å². The third-order valence-corrected chi connectivity index (χ3v) is 2.49. The van der Waals surface area contributed by atoms with Gasteiger partial charge in [-0.05, 0) is 17.5 Å². The van der Waals surface area contributed by atoms with Crippen molar-refractivity contribution in [1.29, 1.82) is 0 Å². The summed E-state index contributed by atoms with van der Waals surface area (Å²) in [4.78, 5) is 26.9. The van der Waals surface area contributed by atoms with Crippen LogP contribution in [0.4, 0.5) is 0 Å². The van der Waals surface area contributed by atoms with Crippen LogP contribution in [0.1, 0.15) is 26.5 Å². The van der Waals surface area contributed by atoms with Gasteiger partial charge in [0.05, 0.1) is 6.42 Å². The van der Waals surface area contributed by atoms with Crippen molar-refractivity contribution in [2.24, 2.45) is 5.41 Å². The summed E-state index contributed by atoms with van der Waals surface area (Å²) >= 11 is 0. The molecule has 0 aliphatic rings. The molecule has 2 N–H and O–H groups in total. The first-order chi connectivity index (χ1) is 8.30. The number of carboxylic acid groups (broad SMARTS) is 1. The molecule has 1 heterocycles. The number of aliphatic carboxylic acids is 1. The Bertz CT molecular complexity index is 424. The van der Waals surface area contributed by atoms with E-state index in [0.29, 0.717) is 5.69 Å². The van der Waals surface area contributed by atoms with Crippen LogP contribution >= 0.6 is 0 Å². The summed E-state index contributed by atoms with van der Waals surface area (Å²) in [5, 5.41) is 11.6. The highest BCUT2D eigenvalue weighted by atomic mass is 16.4. The Balaban J connectivity index is 2.66. The molecule has 0 aliphatic heterocycles. The average molecular weight is 250 g/mol. The first-order valence-corrected chi connectivity index (χ1v) is 5.73. The standard InChI is InChI=1S/C13H18N2O3/c1-13(2,3)11(12(17)18)15-10(16)8-9-6-4-5-7-14-9/h4-7,11H,8H2,1-3H3,(H,15,16)(H,17,18)/t11-/m0/s1. The van der Waals surface area contributed by atoms with E-state index < -0.39 is 17.4 Å². The zero-order chi connectivity index (χ0) is 13.8. The van der Waals surface area contributed by atoms with E-state index >= 15 is 0 Å². The number of pyridine rings is 1. The maximum absolute atomic E-state index is 11.8. The minimum atomic E-state index is -1.03. The van der Waals surface area contributed by atoms with E-state index in [9.17, 15) is 9.59 Å². The third kappa shape index (κ3) is 4.16. The lowest BCUT2D eigenvalue weighted by Crippen LogP contribution is -2.49. The monoisotopic (exact) mass is 250 g/mol. The van der Waals surface area contributed by atoms with Gasteiger partial charge in [0.1, 0.15) is 6.04 Å². The normalized spacial score (nSPS) is 12.8. The quantitative estimate of drug-likeness (QED) is 0.842. The zero-order valence-corrected chi connectivity index (χ0v) is 10.8. The van der Waals surface area contributed by atoms with Crippen LogP contribution in [-0.4, -0.2) is 28.0 Å². The predicted molar refractivity (Wildman–Crippen MR) is 67.0 cm³/mol. The summed E-state index contributed by atoms with van der Waals surface area (Å²) in [7, 11) is 0. The number of rotatable bonds is 4. The van der Waals surface area contributed by atoms with Gasteiger partial charge < -0.3 is 10.4 Å². The summed E-state index contributed by atoms with van der Waals surface area (Å²) in [5.41, 5.74) is 0.0825. The number of hydrogen-bond donors (Lipinski definition) is 2. The third-order valence-electron chi connectivity index (χ3n) is 2.49. The molecule has 1 aromatic rings. The Morgan fingerprint density at radius 1 is 1.39 bits per heavy atom. The van der Waals surface area contributed by atoms with Gasteiger partial charge in [-0.15, -0.1) is 0 Å². The van der Waals surface area contributed by atoms with Gasteiger partial charge in [0.25, 0.3) is 0 Å². The van der Waals surface area contributed by atoms with Crippen LogP contribution in [0.25, 0.3) is 0 Å². The van der Waals surface area contributed by atoms with Crippen LogP contribution < -0.4 is 5.32 Å². The number of carboxylic acids is 1. The number of aromatic nitrogens is 1. The second-order valence-electron chi connectivity index (χ2n) is 5.20. The van der Waals surface area contributed by atoms with Gasteiger partial charge in [0, 0.05) is 11.9 Å². The van der Waals surface area contributed by atoms with Crippen LogP contribution in [0.15, 0.2) is 24.4 Å². The van der Waals surface area contributed by atoms with Crippen LogP contribution in [0.5, 0.6) is 0 Å². The van der Waals surface area contributed by atoms with E-state index in [4.69, 9.17) is 5.11 Å². The molecular weight excluding hydrogens is 232 g/mol. The van der Waals surface area contributed by atoms with Crippen molar-refractivity contribution in [1.82, 2.24) is 10.3 Å². The maximum Gasteiger partial charge on any atom is 0.326 e. The molecule has 5 heteroatoms. The lowest BCUT2D eigenvalue weighted by Gasteiger charge is -2.27. The first-order valence-electron chi connectivity index (χ1n) is 5.73. The Hall–Kier alpha value is -1.91. The van der Waals surface area contributed by atoms with Crippen LogP contribution in [-0.2, 0) is 16.0 Å². The fourth-order valence-electron chi connectivity index (χ4n) is 1.53. The number of nitrogens with one attached hydrogen (secondary N) is 1. The molecule has 1 rings (SSSR count). The van der Waals surface area contributed by atoms with E-state index in [1.165, 1.54) is 0 Å². The van der Waals surface area contributed by atoms with Crippen molar-refractivity contribution in [3.63, 3.8) is 0 Å². The smallest absolute Gasteiger partial charge is 0.326 e. The summed E-state index contributed by atoms with van der Waals surface area (Å²) in [6.07, 6.45) is 1.68. The number of carbonyl (C=O) groups is 2. The summed E-state index contributed by atoms with van der Waals surface area (Å²) < 4.78 is 0. The molecule has 1 atom stereocenters. The average Bonchev–Trinajstić information content (AvgIpc) is 2.25. The molecule has 1 amide bonds.